The molecule has 0 aromatic heterocycles. The van der Waals surface area contributed by atoms with Crippen LogP contribution in [-0.4, -0.2) is 32.9 Å². The molecule has 0 radical (unpaired) electrons. The second-order valence-corrected chi connectivity index (χ2v) is 5.97. The molecule has 2 bridgehead atoms. The van der Waals surface area contributed by atoms with Gasteiger partial charge in [-0.25, -0.2) is 0 Å². The molecule has 2 fully saturated rings. The maximum absolute atomic E-state index is 12.1. The third-order valence-corrected chi connectivity index (χ3v) is 4.68. The average molecular weight is 296 g/mol. The largest absolute Gasteiger partial charge is 0.390 e. The number of hydrogen-bond acceptors (Lipinski definition) is 2. The van der Waals surface area contributed by atoms with Gasteiger partial charge in [0, 0.05) is 11.4 Å². The first kappa shape index (κ1) is 11.2. The van der Waals surface area contributed by atoms with Gasteiger partial charge in [-0.2, -0.15) is 0 Å². The smallest absolute Gasteiger partial charge is 0.229 e. The molecule has 1 aliphatic carbocycles. The number of nitrogens with zero attached hydrogens (tertiary/aromatic N) is 1. The minimum atomic E-state index is -0.504. The first-order valence-electron chi connectivity index (χ1n) is 5.85. The fourth-order valence-electron chi connectivity index (χ4n) is 2.92. The Morgan fingerprint density at radius 3 is 2.71 bits per heavy atom. The van der Waals surface area contributed by atoms with Crippen LogP contribution in [-0.2, 0) is 11.3 Å². The summed E-state index contributed by atoms with van der Waals surface area (Å²) in [6.45, 7) is 0.597. The highest BCUT2D eigenvalue weighted by atomic mass is 79.9. The van der Waals surface area contributed by atoms with Crippen molar-refractivity contribution in [3.63, 3.8) is 0 Å². The Kier molecular flexibility index (Phi) is 2.71. The lowest BCUT2D eigenvalue weighted by atomic mass is 10.1. The Labute approximate surface area is 109 Å². The van der Waals surface area contributed by atoms with Crippen molar-refractivity contribution in [3.05, 3.63) is 35.9 Å². The Morgan fingerprint density at radius 1 is 1.35 bits per heavy atom. The van der Waals surface area contributed by atoms with Crippen molar-refractivity contribution in [1.29, 1.82) is 0 Å². The van der Waals surface area contributed by atoms with E-state index in [9.17, 15) is 9.90 Å². The summed E-state index contributed by atoms with van der Waals surface area (Å²) in [5.41, 5.74) is 1.11. The topological polar surface area (TPSA) is 40.5 Å². The lowest BCUT2D eigenvalue weighted by Crippen LogP contribution is -2.43. The molecular formula is C13H14BrNO2. The number of halogens is 1. The van der Waals surface area contributed by atoms with Gasteiger partial charge < -0.3 is 10.0 Å². The van der Waals surface area contributed by atoms with Crippen molar-refractivity contribution < 1.29 is 9.90 Å². The van der Waals surface area contributed by atoms with E-state index >= 15 is 0 Å². The predicted octanol–water partition coefficient (Wildman–Crippen LogP) is 1.54. The lowest BCUT2D eigenvalue weighted by Gasteiger charge is -2.30. The van der Waals surface area contributed by atoms with Crippen LogP contribution in [0.15, 0.2) is 30.3 Å². The van der Waals surface area contributed by atoms with Gasteiger partial charge in [0.25, 0.3) is 0 Å². The van der Waals surface area contributed by atoms with Crippen molar-refractivity contribution in [3.8, 4) is 0 Å². The Balaban J connectivity index is 1.83. The third-order valence-electron chi connectivity index (χ3n) is 3.77. The molecule has 3 nitrogen and oxygen atoms in total. The molecule has 4 heteroatoms. The van der Waals surface area contributed by atoms with Gasteiger partial charge in [0.05, 0.1) is 18.1 Å². The highest BCUT2D eigenvalue weighted by Crippen LogP contribution is 2.43. The molecule has 1 aromatic rings. The summed E-state index contributed by atoms with van der Waals surface area (Å²) in [5.74, 6) is -0.102. The molecule has 0 spiro atoms. The number of aliphatic hydroxyl groups is 1. The summed E-state index contributed by atoms with van der Waals surface area (Å²) < 4.78 is 0. The van der Waals surface area contributed by atoms with Crippen LogP contribution in [0.3, 0.4) is 0 Å². The minimum Gasteiger partial charge on any atom is -0.390 e. The molecule has 2 aliphatic rings. The van der Waals surface area contributed by atoms with Gasteiger partial charge in [-0.05, 0) is 12.0 Å². The number of hydrogen-bond donors (Lipinski definition) is 1. The number of likely N-dealkylation sites (tertiary alicyclic amines) is 1. The highest BCUT2D eigenvalue weighted by Gasteiger charge is 2.56. The van der Waals surface area contributed by atoms with E-state index in [2.05, 4.69) is 15.9 Å². The SMILES string of the molecule is O=C1[C@H]2C[C@H](Br)[C@H]([C@@H]2O)N1Cc1ccccc1. The number of carbonyl (C=O) groups is 1. The summed E-state index contributed by atoms with van der Waals surface area (Å²) in [6, 6.07) is 9.85. The molecule has 1 aliphatic heterocycles. The molecule has 90 valence electrons. The molecule has 1 saturated carbocycles. The number of benzene rings is 1. The highest BCUT2D eigenvalue weighted by molar-refractivity contribution is 9.09. The molecule has 1 saturated heterocycles. The molecular weight excluding hydrogens is 282 g/mol. The number of carbonyl (C=O) groups excluding carboxylic acids is 1. The van der Waals surface area contributed by atoms with Crippen LogP contribution in [0, 0.1) is 5.92 Å². The zero-order chi connectivity index (χ0) is 12.0. The normalized spacial score (nSPS) is 35.6. The van der Waals surface area contributed by atoms with Crippen molar-refractivity contribution in [2.45, 2.75) is 29.9 Å². The monoisotopic (exact) mass is 295 g/mol. The van der Waals surface area contributed by atoms with Crippen LogP contribution in [0.25, 0.3) is 0 Å². The van der Waals surface area contributed by atoms with E-state index in [1.54, 1.807) is 0 Å². The maximum Gasteiger partial charge on any atom is 0.229 e. The third kappa shape index (κ3) is 1.70. The zero-order valence-electron chi connectivity index (χ0n) is 9.29. The molecule has 1 aromatic carbocycles. The van der Waals surface area contributed by atoms with E-state index < -0.39 is 6.10 Å². The Bertz CT molecular complexity index is 436. The van der Waals surface area contributed by atoms with Crippen molar-refractivity contribution in [2.24, 2.45) is 5.92 Å². The molecule has 0 unspecified atom stereocenters. The van der Waals surface area contributed by atoms with Crippen LogP contribution in [0.1, 0.15) is 12.0 Å². The Morgan fingerprint density at radius 2 is 2.06 bits per heavy atom. The van der Waals surface area contributed by atoms with Gasteiger partial charge in [-0.15, -0.1) is 0 Å². The van der Waals surface area contributed by atoms with Gasteiger partial charge in [0.15, 0.2) is 0 Å². The molecule has 1 heterocycles. The van der Waals surface area contributed by atoms with Gasteiger partial charge in [-0.3, -0.25) is 4.79 Å². The van der Waals surface area contributed by atoms with Crippen molar-refractivity contribution >= 4 is 21.8 Å². The number of aliphatic hydroxyl groups excluding tert-OH is 1. The molecule has 4 atom stereocenters. The quantitative estimate of drug-likeness (QED) is 0.841. The van der Waals surface area contributed by atoms with Crippen LogP contribution in [0.5, 0.6) is 0 Å². The summed E-state index contributed by atoms with van der Waals surface area (Å²) in [5, 5.41) is 10.0. The average Bonchev–Trinajstić information content (AvgIpc) is 2.73. The van der Waals surface area contributed by atoms with Crippen LogP contribution >= 0.6 is 15.9 Å². The summed E-state index contributed by atoms with van der Waals surface area (Å²) in [7, 11) is 0. The second-order valence-electron chi connectivity index (χ2n) is 4.79. The van der Waals surface area contributed by atoms with Gasteiger partial charge in [0.1, 0.15) is 0 Å². The first-order chi connectivity index (χ1) is 8.18. The number of rotatable bonds is 2. The van der Waals surface area contributed by atoms with E-state index in [0.717, 1.165) is 12.0 Å². The Hall–Kier alpha value is -0.870. The van der Waals surface area contributed by atoms with E-state index in [0.29, 0.717) is 6.54 Å². The first-order valence-corrected chi connectivity index (χ1v) is 6.76. The van der Waals surface area contributed by atoms with Gasteiger partial charge in [0.2, 0.25) is 5.91 Å². The maximum atomic E-state index is 12.1. The minimum absolute atomic E-state index is 0.0623. The van der Waals surface area contributed by atoms with Crippen LogP contribution in [0.4, 0.5) is 0 Å². The predicted molar refractivity (Wildman–Crippen MR) is 67.6 cm³/mol. The van der Waals surface area contributed by atoms with E-state index in [1.165, 1.54) is 0 Å². The van der Waals surface area contributed by atoms with E-state index in [4.69, 9.17) is 0 Å². The van der Waals surface area contributed by atoms with E-state index in [1.807, 2.05) is 35.2 Å². The zero-order valence-corrected chi connectivity index (χ0v) is 10.9. The molecule has 17 heavy (non-hydrogen) atoms. The number of alkyl halides is 1. The fourth-order valence-corrected chi connectivity index (χ4v) is 3.92. The standard InChI is InChI=1S/C13H14BrNO2/c14-10-6-9-12(16)11(10)15(13(9)17)7-8-4-2-1-3-5-8/h1-5,9-12,16H,6-7H2/t9-,10-,11+,12+/m0/s1. The summed E-state index contributed by atoms with van der Waals surface area (Å²) in [4.78, 5) is 14.1. The van der Waals surface area contributed by atoms with Crippen molar-refractivity contribution in [2.75, 3.05) is 0 Å². The van der Waals surface area contributed by atoms with E-state index in [-0.39, 0.29) is 22.7 Å². The molecule has 3 rings (SSSR count). The summed E-state index contributed by atoms with van der Waals surface area (Å²) >= 11 is 3.56. The fraction of sp³-hybridized carbons (Fsp3) is 0.462. The van der Waals surface area contributed by atoms with Gasteiger partial charge in [-0.1, -0.05) is 46.3 Å². The number of amides is 1. The van der Waals surface area contributed by atoms with Gasteiger partial charge >= 0.3 is 0 Å². The number of fused-ring (bicyclic) bond motifs is 2. The second kappa shape index (κ2) is 4.10. The summed E-state index contributed by atoms with van der Waals surface area (Å²) in [6.07, 6.45) is 0.256. The van der Waals surface area contributed by atoms with Crippen LogP contribution < -0.4 is 0 Å². The molecule has 1 amide bonds. The van der Waals surface area contributed by atoms with Crippen LogP contribution in [0.2, 0.25) is 0 Å². The van der Waals surface area contributed by atoms with Crippen molar-refractivity contribution in [1.82, 2.24) is 4.90 Å². The molecule has 1 N–H and O–H groups in total. The lowest BCUT2D eigenvalue weighted by molar-refractivity contribution is -0.134. The number of piperidine rings is 1.